The van der Waals surface area contributed by atoms with Crippen LogP contribution in [0.2, 0.25) is 0 Å². The lowest BCUT2D eigenvalue weighted by molar-refractivity contribution is 0.00617. The Morgan fingerprint density at radius 2 is 1.43 bits per heavy atom. The molecule has 0 radical (unpaired) electrons. The van der Waals surface area contributed by atoms with E-state index in [0.29, 0.717) is 12.5 Å². The summed E-state index contributed by atoms with van der Waals surface area (Å²) in [6, 6.07) is 12.1. The molecule has 3 rings (SSSR count). The van der Waals surface area contributed by atoms with Crippen LogP contribution in [0.1, 0.15) is 49.3 Å². The van der Waals surface area contributed by atoms with Crippen LogP contribution < -0.4 is 5.32 Å². The minimum Gasteiger partial charge on any atom is -0.389 e. The number of rotatable bonds is 9. The molecule has 1 saturated carbocycles. The van der Waals surface area contributed by atoms with Crippen molar-refractivity contribution in [1.29, 1.82) is 0 Å². The Labute approximate surface area is 165 Å². The van der Waals surface area contributed by atoms with Crippen LogP contribution >= 0.6 is 0 Å². The molecular formula is C23H29F2NO2. The highest BCUT2D eigenvalue weighted by Crippen LogP contribution is 2.27. The van der Waals surface area contributed by atoms with Crippen molar-refractivity contribution in [2.24, 2.45) is 5.92 Å². The summed E-state index contributed by atoms with van der Waals surface area (Å²) in [6.07, 6.45) is 5.32. The molecule has 0 amide bonds. The summed E-state index contributed by atoms with van der Waals surface area (Å²) in [5.74, 6) is 0.0511. The molecule has 1 fully saturated rings. The van der Waals surface area contributed by atoms with Crippen molar-refractivity contribution in [1.82, 2.24) is 5.32 Å². The Kier molecular flexibility index (Phi) is 7.95. The number of hydrogen-bond acceptors (Lipinski definition) is 3. The Balaban J connectivity index is 1.54. The largest absolute Gasteiger partial charge is 0.389 e. The third-order valence-corrected chi connectivity index (χ3v) is 5.34. The first-order chi connectivity index (χ1) is 13.6. The SMILES string of the molecule is O[C@H](CNCC1CCCCC1)COC(c1ccc(F)cc1)c1ccc(F)cc1. The van der Waals surface area contributed by atoms with Crippen LogP contribution in [0.3, 0.4) is 0 Å². The summed E-state index contributed by atoms with van der Waals surface area (Å²) >= 11 is 0. The molecule has 1 aliphatic rings. The molecule has 5 heteroatoms. The molecule has 0 bridgehead atoms. The van der Waals surface area contributed by atoms with E-state index in [4.69, 9.17) is 4.74 Å². The third-order valence-electron chi connectivity index (χ3n) is 5.34. The fraction of sp³-hybridized carbons (Fsp3) is 0.478. The van der Waals surface area contributed by atoms with Crippen LogP contribution in [-0.2, 0) is 4.74 Å². The second kappa shape index (κ2) is 10.6. The summed E-state index contributed by atoms with van der Waals surface area (Å²) in [7, 11) is 0. The van der Waals surface area contributed by atoms with Gasteiger partial charge in [-0.05, 0) is 60.7 Å². The fourth-order valence-corrected chi connectivity index (χ4v) is 3.77. The molecular weight excluding hydrogens is 360 g/mol. The van der Waals surface area contributed by atoms with Crippen LogP contribution in [0.5, 0.6) is 0 Å². The lowest BCUT2D eigenvalue weighted by atomic mass is 9.89. The molecule has 2 aromatic carbocycles. The molecule has 2 N–H and O–H groups in total. The number of aliphatic hydroxyl groups excluding tert-OH is 1. The first-order valence-corrected chi connectivity index (χ1v) is 10.1. The third kappa shape index (κ3) is 6.36. The van der Waals surface area contributed by atoms with Gasteiger partial charge in [0.25, 0.3) is 0 Å². The van der Waals surface area contributed by atoms with Crippen molar-refractivity contribution >= 4 is 0 Å². The summed E-state index contributed by atoms with van der Waals surface area (Å²) in [5, 5.41) is 13.6. The first-order valence-electron chi connectivity index (χ1n) is 10.1. The minimum atomic E-state index is -0.646. The second-order valence-electron chi connectivity index (χ2n) is 7.63. The highest BCUT2D eigenvalue weighted by atomic mass is 19.1. The molecule has 3 nitrogen and oxygen atoms in total. The van der Waals surface area contributed by atoms with E-state index in [-0.39, 0.29) is 18.2 Å². The van der Waals surface area contributed by atoms with Gasteiger partial charge in [0.2, 0.25) is 0 Å². The predicted octanol–water partition coefficient (Wildman–Crippen LogP) is 4.60. The van der Waals surface area contributed by atoms with Crippen LogP contribution in [0.4, 0.5) is 8.78 Å². The molecule has 28 heavy (non-hydrogen) atoms. The minimum absolute atomic E-state index is 0.136. The van der Waals surface area contributed by atoms with Crippen molar-refractivity contribution < 1.29 is 18.6 Å². The lowest BCUT2D eigenvalue weighted by Gasteiger charge is -2.24. The van der Waals surface area contributed by atoms with Gasteiger partial charge in [0.15, 0.2) is 0 Å². The van der Waals surface area contributed by atoms with E-state index < -0.39 is 12.2 Å². The molecule has 1 atom stereocenters. The number of benzene rings is 2. The maximum absolute atomic E-state index is 13.3. The van der Waals surface area contributed by atoms with Crippen molar-refractivity contribution in [2.45, 2.75) is 44.3 Å². The van der Waals surface area contributed by atoms with Gasteiger partial charge in [-0.1, -0.05) is 43.5 Å². The summed E-state index contributed by atoms with van der Waals surface area (Å²) < 4.78 is 32.5. The standard InChI is InChI=1S/C23H29F2NO2/c24-20-10-6-18(7-11-20)23(19-8-12-21(25)13-9-19)28-16-22(27)15-26-14-17-4-2-1-3-5-17/h6-13,17,22-23,26-27H,1-5,14-16H2/t22-/m1/s1. The zero-order chi connectivity index (χ0) is 19.8. The van der Waals surface area contributed by atoms with E-state index in [1.807, 2.05) is 0 Å². The van der Waals surface area contributed by atoms with Crippen molar-refractivity contribution in [2.75, 3.05) is 19.7 Å². The van der Waals surface area contributed by atoms with Crippen LogP contribution in [-0.4, -0.2) is 30.9 Å². The lowest BCUT2D eigenvalue weighted by Crippen LogP contribution is -2.34. The number of ether oxygens (including phenoxy) is 1. The van der Waals surface area contributed by atoms with Gasteiger partial charge in [-0.2, -0.15) is 0 Å². The van der Waals surface area contributed by atoms with Gasteiger partial charge < -0.3 is 15.2 Å². The molecule has 2 aromatic rings. The van der Waals surface area contributed by atoms with E-state index in [1.165, 1.54) is 56.4 Å². The van der Waals surface area contributed by atoms with Crippen LogP contribution in [0, 0.1) is 17.6 Å². The van der Waals surface area contributed by atoms with Gasteiger partial charge in [0, 0.05) is 6.54 Å². The quantitative estimate of drug-likeness (QED) is 0.659. The van der Waals surface area contributed by atoms with Crippen LogP contribution in [0.25, 0.3) is 0 Å². The van der Waals surface area contributed by atoms with Crippen molar-refractivity contribution in [3.05, 3.63) is 71.3 Å². The smallest absolute Gasteiger partial charge is 0.123 e. The molecule has 0 aromatic heterocycles. The first kappa shape index (κ1) is 20.9. The predicted molar refractivity (Wildman–Crippen MR) is 106 cm³/mol. The Bertz CT molecular complexity index is 654. The zero-order valence-electron chi connectivity index (χ0n) is 16.1. The average Bonchev–Trinajstić information content (AvgIpc) is 2.71. The Morgan fingerprint density at radius 1 is 0.893 bits per heavy atom. The van der Waals surface area contributed by atoms with Gasteiger partial charge in [-0.15, -0.1) is 0 Å². The van der Waals surface area contributed by atoms with E-state index in [0.717, 1.165) is 17.7 Å². The zero-order valence-corrected chi connectivity index (χ0v) is 16.1. The second-order valence-corrected chi connectivity index (χ2v) is 7.63. The van der Waals surface area contributed by atoms with E-state index in [1.54, 1.807) is 24.3 Å². The Hall–Kier alpha value is -1.82. The summed E-state index contributed by atoms with van der Waals surface area (Å²) in [5.41, 5.74) is 1.52. The normalized spacial score (nSPS) is 16.4. The Morgan fingerprint density at radius 3 is 1.96 bits per heavy atom. The van der Waals surface area contributed by atoms with Crippen molar-refractivity contribution in [3.8, 4) is 0 Å². The van der Waals surface area contributed by atoms with Crippen LogP contribution in [0.15, 0.2) is 48.5 Å². The van der Waals surface area contributed by atoms with E-state index in [9.17, 15) is 13.9 Å². The molecule has 0 unspecified atom stereocenters. The van der Waals surface area contributed by atoms with Gasteiger partial charge in [-0.3, -0.25) is 0 Å². The monoisotopic (exact) mass is 389 g/mol. The van der Waals surface area contributed by atoms with Gasteiger partial charge in [-0.25, -0.2) is 8.78 Å². The number of nitrogens with one attached hydrogen (secondary N) is 1. The maximum Gasteiger partial charge on any atom is 0.123 e. The van der Waals surface area contributed by atoms with Crippen molar-refractivity contribution in [3.63, 3.8) is 0 Å². The highest BCUT2D eigenvalue weighted by Gasteiger charge is 2.18. The van der Waals surface area contributed by atoms with Gasteiger partial charge >= 0.3 is 0 Å². The maximum atomic E-state index is 13.3. The number of aliphatic hydroxyl groups is 1. The van der Waals surface area contributed by atoms with E-state index >= 15 is 0 Å². The van der Waals surface area contributed by atoms with E-state index in [2.05, 4.69) is 5.32 Å². The molecule has 0 aliphatic heterocycles. The molecule has 0 heterocycles. The highest BCUT2D eigenvalue weighted by molar-refractivity contribution is 5.30. The van der Waals surface area contributed by atoms with Gasteiger partial charge in [0.1, 0.15) is 17.7 Å². The summed E-state index contributed by atoms with van der Waals surface area (Å²) in [4.78, 5) is 0. The number of hydrogen-bond donors (Lipinski definition) is 2. The molecule has 152 valence electrons. The molecule has 0 spiro atoms. The number of halogens is 2. The molecule has 1 aliphatic carbocycles. The summed E-state index contributed by atoms with van der Waals surface area (Å²) in [6.45, 7) is 1.53. The topological polar surface area (TPSA) is 41.5 Å². The van der Waals surface area contributed by atoms with Gasteiger partial charge in [0.05, 0.1) is 12.7 Å². The molecule has 0 saturated heterocycles. The fourth-order valence-electron chi connectivity index (χ4n) is 3.77. The average molecular weight is 389 g/mol.